The first-order chi connectivity index (χ1) is 14.7. The second-order valence-electron chi connectivity index (χ2n) is 9.11. The molecule has 0 amide bonds. The number of hydrogen-bond donors (Lipinski definition) is 0. The summed E-state index contributed by atoms with van der Waals surface area (Å²) < 4.78 is 28.8. The molecule has 1 unspecified atom stereocenters. The third kappa shape index (κ3) is 4.43. The molecule has 0 aromatic heterocycles. The summed E-state index contributed by atoms with van der Waals surface area (Å²) in [4.78, 5) is 11.6. The van der Waals surface area contributed by atoms with E-state index in [1.165, 1.54) is 7.11 Å². The van der Waals surface area contributed by atoms with Gasteiger partial charge in [0.25, 0.3) is 0 Å². The Bertz CT molecular complexity index is 954. The highest BCUT2D eigenvalue weighted by Gasteiger charge is 2.51. The Morgan fingerprint density at radius 1 is 1.10 bits per heavy atom. The van der Waals surface area contributed by atoms with Crippen LogP contribution in [0.3, 0.4) is 0 Å². The van der Waals surface area contributed by atoms with E-state index in [9.17, 15) is 4.79 Å². The predicted molar refractivity (Wildman–Crippen MR) is 118 cm³/mol. The lowest BCUT2D eigenvalue weighted by molar-refractivity contribution is -0.141. The van der Waals surface area contributed by atoms with Crippen LogP contribution in [0.2, 0.25) is 0 Å². The number of methoxy groups -OCH3 is 1. The number of esters is 1. The molecule has 1 fully saturated rings. The average Bonchev–Trinajstić information content (AvgIpc) is 3.23. The van der Waals surface area contributed by atoms with E-state index in [2.05, 4.69) is 6.07 Å². The lowest BCUT2D eigenvalue weighted by Crippen LogP contribution is -2.41. The maximum absolute atomic E-state index is 11.6. The number of fused-ring (bicyclic) bond motifs is 1. The molecule has 1 atom stereocenters. The highest BCUT2D eigenvalue weighted by molar-refractivity contribution is 6.62. The Morgan fingerprint density at radius 3 is 2.55 bits per heavy atom. The van der Waals surface area contributed by atoms with Gasteiger partial charge in [-0.25, -0.2) is 0 Å². The molecule has 0 N–H and O–H groups in total. The molecule has 6 nitrogen and oxygen atoms in total. The second kappa shape index (κ2) is 8.21. The summed E-state index contributed by atoms with van der Waals surface area (Å²) >= 11 is 0. The number of benzene rings is 2. The van der Waals surface area contributed by atoms with Crippen LogP contribution in [0.15, 0.2) is 42.5 Å². The van der Waals surface area contributed by atoms with Crippen LogP contribution in [0.25, 0.3) is 0 Å². The van der Waals surface area contributed by atoms with Crippen molar-refractivity contribution in [3.05, 3.63) is 53.6 Å². The van der Waals surface area contributed by atoms with Gasteiger partial charge in [-0.15, -0.1) is 0 Å². The number of carbonyl (C=O) groups is 1. The van der Waals surface area contributed by atoms with E-state index in [0.29, 0.717) is 19.6 Å². The SMILES string of the molecule is COC(=O)CC1COc2cc(OCc3cccc(B4OC(C)(C)C(C)(C)O4)c3)ccc21. The average molecular weight is 424 g/mol. The van der Waals surface area contributed by atoms with Crippen molar-refractivity contribution in [2.75, 3.05) is 13.7 Å². The fraction of sp³-hybridized carbons (Fsp3) is 0.458. The summed E-state index contributed by atoms with van der Waals surface area (Å²) in [7, 11) is 1.00. The standard InChI is InChI=1S/C24H29BO6/c1-23(2)24(3,4)31-25(30-23)18-8-6-7-16(11-18)14-28-19-9-10-20-17(12-22(26)27-5)15-29-21(20)13-19/h6-11,13,17H,12,14-15H2,1-5H3. The van der Waals surface area contributed by atoms with Gasteiger partial charge in [0.15, 0.2) is 0 Å². The molecule has 2 aliphatic heterocycles. The van der Waals surface area contributed by atoms with E-state index in [4.69, 9.17) is 23.5 Å². The fourth-order valence-electron chi connectivity index (χ4n) is 3.78. The predicted octanol–water partition coefficient (Wildman–Crippen LogP) is 3.60. The van der Waals surface area contributed by atoms with Crippen LogP contribution in [0.4, 0.5) is 0 Å². The van der Waals surface area contributed by atoms with E-state index >= 15 is 0 Å². The summed E-state index contributed by atoms with van der Waals surface area (Å²) in [5, 5.41) is 0. The quantitative estimate of drug-likeness (QED) is 0.522. The van der Waals surface area contributed by atoms with Crippen molar-refractivity contribution in [2.24, 2.45) is 0 Å². The van der Waals surface area contributed by atoms with Crippen molar-refractivity contribution in [1.29, 1.82) is 0 Å². The largest absolute Gasteiger partial charge is 0.494 e. The zero-order valence-corrected chi connectivity index (χ0v) is 18.8. The maximum atomic E-state index is 11.6. The zero-order chi connectivity index (χ0) is 22.2. The second-order valence-corrected chi connectivity index (χ2v) is 9.11. The van der Waals surface area contributed by atoms with Gasteiger partial charge in [-0.05, 0) is 44.8 Å². The van der Waals surface area contributed by atoms with Crippen LogP contribution >= 0.6 is 0 Å². The van der Waals surface area contributed by atoms with Crippen molar-refractivity contribution in [1.82, 2.24) is 0 Å². The van der Waals surface area contributed by atoms with Gasteiger partial charge in [0.2, 0.25) is 0 Å². The highest BCUT2D eigenvalue weighted by Crippen LogP contribution is 2.39. The summed E-state index contributed by atoms with van der Waals surface area (Å²) in [5.74, 6) is 1.27. The topological polar surface area (TPSA) is 63.2 Å². The van der Waals surface area contributed by atoms with E-state index in [0.717, 1.165) is 28.1 Å². The molecule has 2 heterocycles. The summed E-state index contributed by atoms with van der Waals surface area (Å²) in [6.45, 7) is 9.08. The lowest BCUT2D eigenvalue weighted by Gasteiger charge is -2.32. The molecule has 2 aromatic rings. The number of rotatable bonds is 6. The minimum absolute atomic E-state index is 0.0214. The molecule has 4 rings (SSSR count). The number of hydrogen-bond acceptors (Lipinski definition) is 6. The molecular formula is C24H29BO6. The number of ether oxygens (including phenoxy) is 3. The van der Waals surface area contributed by atoms with Crippen LogP contribution in [-0.2, 0) is 25.4 Å². The van der Waals surface area contributed by atoms with Crippen LogP contribution in [-0.4, -0.2) is 38.0 Å². The molecule has 0 spiro atoms. The van der Waals surface area contributed by atoms with E-state index < -0.39 is 7.12 Å². The van der Waals surface area contributed by atoms with Gasteiger partial charge in [0.1, 0.15) is 18.1 Å². The zero-order valence-electron chi connectivity index (χ0n) is 18.8. The van der Waals surface area contributed by atoms with Gasteiger partial charge in [-0.2, -0.15) is 0 Å². The monoisotopic (exact) mass is 424 g/mol. The minimum atomic E-state index is -0.398. The molecule has 0 saturated carbocycles. The Balaban J connectivity index is 1.41. The van der Waals surface area contributed by atoms with Crippen LogP contribution in [0, 0.1) is 0 Å². The molecule has 31 heavy (non-hydrogen) atoms. The minimum Gasteiger partial charge on any atom is -0.492 e. The van der Waals surface area contributed by atoms with Crippen LogP contribution in [0.5, 0.6) is 11.5 Å². The van der Waals surface area contributed by atoms with E-state index in [1.807, 2.05) is 64.1 Å². The molecular weight excluding hydrogens is 395 g/mol. The van der Waals surface area contributed by atoms with Gasteiger partial charge in [0.05, 0.1) is 31.3 Å². The molecule has 1 saturated heterocycles. The Morgan fingerprint density at radius 2 is 1.84 bits per heavy atom. The Hall–Kier alpha value is -2.51. The Labute approximate surface area is 183 Å². The molecule has 0 bridgehead atoms. The van der Waals surface area contributed by atoms with Crippen molar-refractivity contribution in [3.63, 3.8) is 0 Å². The third-order valence-electron chi connectivity index (χ3n) is 6.39. The molecule has 2 aliphatic rings. The Kier molecular flexibility index (Phi) is 5.75. The molecule has 164 valence electrons. The van der Waals surface area contributed by atoms with Crippen LogP contribution in [0.1, 0.15) is 51.2 Å². The van der Waals surface area contributed by atoms with Gasteiger partial charge in [-0.1, -0.05) is 30.3 Å². The molecule has 0 radical (unpaired) electrons. The number of carbonyl (C=O) groups excluding carboxylic acids is 1. The fourth-order valence-corrected chi connectivity index (χ4v) is 3.78. The highest BCUT2D eigenvalue weighted by atomic mass is 16.7. The van der Waals surface area contributed by atoms with Gasteiger partial charge in [0, 0.05) is 17.5 Å². The lowest BCUT2D eigenvalue weighted by atomic mass is 9.78. The molecule has 2 aromatic carbocycles. The van der Waals surface area contributed by atoms with Crippen molar-refractivity contribution in [2.45, 2.75) is 57.8 Å². The first kappa shape index (κ1) is 21.7. The summed E-state index contributed by atoms with van der Waals surface area (Å²) in [6.07, 6.45) is 0.315. The third-order valence-corrected chi connectivity index (χ3v) is 6.39. The van der Waals surface area contributed by atoms with Gasteiger partial charge < -0.3 is 23.5 Å². The van der Waals surface area contributed by atoms with Crippen molar-refractivity contribution in [3.8, 4) is 11.5 Å². The van der Waals surface area contributed by atoms with Gasteiger partial charge >= 0.3 is 13.1 Å². The van der Waals surface area contributed by atoms with E-state index in [-0.39, 0.29) is 23.1 Å². The van der Waals surface area contributed by atoms with Crippen molar-refractivity contribution >= 4 is 18.6 Å². The summed E-state index contributed by atoms with van der Waals surface area (Å²) in [5.41, 5.74) is 2.26. The van der Waals surface area contributed by atoms with Crippen LogP contribution < -0.4 is 14.9 Å². The molecule has 7 heteroatoms. The van der Waals surface area contributed by atoms with E-state index in [1.54, 1.807) is 0 Å². The molecule has 0 aliphatic carbocycles. The van der Waals surface area contributed by atoms with Crippen molar-refractivity contribution < 1.29 is 28.3 Å². The summed E-state index contributed by atoms with van der Waals surface area (Å²) in [6, 6.07) is 13.8. The smallest absolute Gasteiger partial charge is 0.492 e. The van der Waals surface area contributed by atoms with Gasteiger partial charge in [-0.3, -0.25) is 4.79 Å². The maximum Gasteiger partial charge on any atom is 0.494 e. The first-order valence-electron chi connectivity index (χ1n) is 10.6. The normalized spacial score (nSPS) is 20.8. The first-order valence-corrected chi connectivity index (χ1v) is 10.6.